The van der Waals surface area contributed by atoms with Crippen LogP contribution in [0.2, 0.25) is 0 Å². The van der Waals surface area contributed by atoms with Crippen LogP contribution in [0.25, 0.3) is 0 Å². The van der Waals surface area contributed by atoms with Crippen LogP contribution in [-0.2, 0) is 14.3 Å². The number of ether oxygens (including phenoxy) is 1. The maximum absolute atomic E-state index is 11.7. The van der Waals surface area contributed by atoms with Gasteiger partial charge >= 0.3 is 5.97 Å². The van der Waals surface area contributed by atoms with E-state index < -0.39 is 0 Å². The van der Waals surface area contributed by atoms with E-state index in [9.17, 15) is 9.59 Å². The molecule has 17 heavy (non-hydrogen) atoms. The van der Waals surface area contributed by atoms with Gasteiger partial charge in [-0.1, -0.05) is 0 Å². The van der Waals surface area contributed by atoms with E-state index >= 15 is 0 Å². The summed E-state index contributed by atoms with van der Waals surface area (Å²) in [6.07, 6.45) is 0. The molecule has 0 saturated heterocycles. The van der Waals surface area contributed by atoms with E-state index in [1.165, 1.54) is 7.11 Å². The molecule has 5 nitrogen and oxygen atoms in total. The Hall–Kier alpha value is -1.10. The summed E-state index contributed by atoms with van der Waals surface area (Å²) in [5.41, 5.74) is -0.259. The molecule has 0 atom stereocenters. The van der Waals surface area contributed by atoms with Gasteiger partial charge in [-0.25, -0.2) is 0 Å². The molecule has 100 valence electrons. The summed E-state index contributed by atoms with van der Waals surface area (Å²) in [5.74, 6) is -0.419. The zero-order valence-corrected chi connectivity index (χ0v) is 11.7. The first kappa shape index (κ1) is 15.9. The lowest BCUT2D eigenvalue weighted by Gasteiger charge is -2.27. The Kier molecular flexibility index (Phi) is 6.16. The van der Waals surface area contributed by atoms with Crippen LogP contribution in [-0.4, -0.2) is 48.6 Å². The van der Waals surface area contributed by atoms with Crippen molar-refractivity contribution in [2.75, 3.05) is 20.2 Å². The topological polar surface area (TPSA) is 58.6 Å². The molecular weight excluding hydrogens is 220 g/mol. The molecule has 0 aromatic carbocycles. The summed E-state index contributed by atoms with van der Waals surface area (Å²) in [4.78, 5) is 24.7. The summed E-state index contributed by atoms with van der Waals surface area (Å²) in [6, 6.07) is 0.111. The van der Waals surface area contributed by atoms with Crippen LogP contribution in [0.3, 0.4) is 0 Å². The third kappa shape index (κ3) is 7.74. The van der Waals surface area contributed by atoms with Crippen LogP contribution in [0, 0.1) is 0 Å². The minimum atomic E-state index is -0.331. The van der Waals surface area contributed by atoms with Crippen LogP contribution < -0.4 is 5.32 Å². The summed E-state index contributed by atoms with van der Waals surface area (Å²) < 4.78 is 4.60. The molecule has 0 aromatic heterocycles. The number of amides is 1. The molecule has 0 aliphatic heterocycles. The fourth-order valence-electron chi connectivity index (χ4n) is 1.29. The Balaban J connectivity index is 4.35. The van der Waals surface area contributed by atoms with E-state index in [1.54, 1.807) is 4.90 Å². The Bertz CT molecular complexity index is 269. The van der Waals surface area contributed by atoms with Gasteiger partial charge in [0.05, 0.1) is 20.2 Å². The third-order valence-corrected chi connectivity index (χ3v) is 2.15. The van der Waals surface area contributed by atoms with Crippen LogP contribution in [0.4, 0.5) is 0 Å². The molecule has 0 rings (SSSR count). The van der Waals surface area contributed by atoms with Crippen molar-refractivity contribution in [3.8, 4) is 0 Å². The van der Waals surface area contributed by atoms with Gasteiger partial charge in [-0.15, -0.1) is 0 Å². The van der Waals surface area contributed by atoms with E-state index in [0.29, 0.717) is 0 Å². The average Bonchev–Trinajstić information content (AvgIpc) is 2.13. The van der Waals surface area contributed by atoms with Gasteiger partial charge in [0.15, 0.2) is 0 Å². The monoisotopic (exact) mass is 244 g/mol. The van der Waals surface area contributed by atoms with Crippen molar-refractivity contribution in [2.24, 2.45) is 0 Å². The minimum absolute atomic E-state index is 0.0879. The van der Waals surface area contributed by atoms with Crippen LogP contribution in [0.1, 0.15) is 34.6 Å². The zero-order chi connectivity index (χ0) is 13.6. The Morgan fingerprint density at radius 3 is 2.12 bits per heavy atom. The second-order valence-electron chi connectivity index (χ2n) is 5.37. The van der Waals surface area contributed by atoms with Gasteiger partial charge in [-0.2, -0.15) is 0 Å². The third-order valence-electron chi connectivity index (χ3n) is 2.15. The van der Waals surface area contributed by atoms with Crippen LogP contribution >= 0.6 is 0 Å². The van der Waals surface area contributed by atoms with Crippen LogP contribution in [0.5, 0.6) is 0 Å². The minimum Gasteiger partial charge on any atom is -0.468 e. The van der Waals surface area contributed by atoms with Crippen LogP contribution in [0.15, 0.2) is 0 Å². The molecule has 0 unspecified atom stereocenters. The summed E-state index contributed by atoms with van der Waals surface area (Å²) in [5, 5.41) is 2.86. The summed E-state index contributed by atoms with van der Waals surface area (Å²) in [7, 11) is 1.34. The Morgan fingerprint density at radius 2 is 1.76 bits per heavy atom. The molecule has 0 fully saturated rings. The molecular formula is C12H24N2O3. The van der Waals surface area contributed by atoms with Crippen molar-refractivity contribution in [1.82, 2.24) is 10.2 Å². The number of hydrogen-bond donors (Lipinski definition) is 1. The van der Waals surface area contributed by atoms with Gasteiger partial charge in [-0.3, -0.25) is 14.5 Å². The highest BCUT2D eigenvalue weighted by Gasteiger charge is 2.20. The number of esters is 1. The highest BCUT2D eigenvalue weighted by molar-refractivity contribution is 5.79. The van der Waals surface area contributed by atoms with Gasteiger partial charge in [0.2, 0.25) is 5.91 Å². The lowest BCUT2D eigenvalue weighted by Crippen LogP contribution is -2.48. The number of methoxy groups -OCH3 is 1. The standard InChI is InChI=1S/C12H24N2O3/c1-9(2)14(8-11(16)17-6)7-10(15)13-12(3,4)5/h9H,7-8H2,1-6H3,(H,13,15). The maximum Gasteiger partial charge on any atom is 0.319 e. The number of carbonyl (C=O) groups is 2. The number of hydrogen-bond acceptors (Lipinski definition) is 4. The maximum atomic E-state index is 11.7. The molecule has 1 amide bonds. The molecule has 0 saturated carbocycles. The molecule has 0 radical (unpaired) electrons. The van der Waals surface area contributed by atoms with Crippen molar-refractivity contribution < 1.29 is 14.3 Å². The largest absolute Gasteiger partial charge is 0.468 e. The van der Waals surface area contributed by atoms with Crippen molar-refractivity contribution in [2.45, 2.75) is 46.2 Å². The van der Waals surface area contributed by atoms with E-state index in [0.717, 1.165) is 0 Å². The first-order valence-electron chi connectivity index (χ1n) is 5.77. The normalized spacial score (nSPS) is 11.8. The molecule has 0 bridgehead atoms. The molecule has 1 N–H and O–H groups in total. The quantitative estimate of drug-likeness (QED) is 0.726. The second-order valence-corrected chi connectivity index (χ2v) is 5.37. The molecule has 0 aromatic rings. The predicted octanol–water partition coefficient (Wildman–Crippen LogP) is 0.785. The first-order valence-corrected chi connectivity index (χ1v) is 5.77. The summed E-state index contributed by atoms with van der Waals surface area (Å²) in [6.45, 7) is 9.97. The van der Waals surface area contributed by atoms with E-state index in [2.05, 4.69) is 10.1 Å². The van der Waals surface area contributed by atoms with E-state index in [-0.39, 0.29) is 36.5 Å². The lowest BCUT2D eigenvalue weighted by atomic mass is 10.1. The highest BCUT2D eigenvalue weighted by atomic mass is 16.5. The number of carbonyl (C=O) groups excluding carboxylic acids is 2. The molecule has 0 heterocycles. The smallest absolute Gasteiger partial charge is 0.319 e. The fraction of sp³-hybridized carbons (Fsp3) is 0.833. The highest BCUT2D eigenvalue weighted by Crippen LogP contribution is 2.01. The lowest BCUT2D eigenvalue weighted by molar-refractivity contribution is -0.142. The SMILES string of the molecule is COC(=O)CN(CC(=O)NC(C)(C)C)C(C)C. The predicted molar refractivity (Wildman–Crippen MR) is 66.6 cm³/mol. The molecule has 5 heteroatoms. The second kappa shape index (κ2) is 6.59. The fourth-order valence-corrected chi connectivity index (χ4v) is 1.29. The van der Waals surface area contributed by atoms with Gasteiger partial charge in [-0.05, 0) is 34.6 Å². The van der Waals surface area contributed by atoms with Crippen molar-refractivity contribution in [1.29, 1.82) is 0 Å². The van der Waals surface area contributed by atoms with E-state index in [1.807, 2.05) is 34.6 Å². The zero-order valence-electron chi connectivity index (χ0n) is 11.7. The number of nitrogens with zero attached hydrogens (tertiary/aromatic N) is 1. The van der Waals surface area contributed by atoms with Crippen molar-refractivity contribution in [3.63, 3.8) is 0 Å². The van der Waals surface area contributed by atoms with Gasteiger partial charge < -0.3 is 10.1 Å². The summed E-state index contributed by atoms with van der Waals surface area (Å²) >= 11 is 0. The van der Waals surface area contributed by atoms with Crippen molar-refractivity contribution >= 4 is 11.9 Å². The first-order chi connectivity index (χ1) is 7.65. The van der Waals surface area contributed by atoms with Gasteiger partial charge in [0.25, 0.3) is 0 Å². The molecule has 0 aliphatic rings. The Labute approximate surface area is 103 Å². The molecule has 0 aliphatic carbocycles. The number of nitrogens with one attached hydrogen (secondary N) is 1. The Morgan fingerprint density at radius 1 is 1.24 bits per heavy atom. The van der Waals surface area contributed by atoms with Gasteiger partial charge in [0, 0.05) is 11.6 Å². The average molecular weight is 244 g/mol. The van der Waals surface area contributed by atoms with Crippen molar-refractivity contribution in [3.05, 3.63) is 0 Å². The van der Waals surface area contributed by atoms with Gasteiger partial charge in [0.1, 0.15) is 0 Å². The molecule has 0 spiro atoms. The number of rotatable bonds is 5. The van der Waals surface area contributed by atoms with E-state index in [4.69, 9.17) is 0 Å².